The number of hydrogen-bond acceptors (Lipinski definition) is 4. The van der Waals surface area contributed by atoms with Gasteiger partial charge in [-0.15, -0.1) is 0 Å². The molecule has 0 spiro atoms. The van der Waals surface area contributed by atoms with Gasteiger partial charge in [-0.05, 0) is 33.7 Å². The van der Waals surface area contributed by atoms with Crippen LogP contribution in [0.25, 0.3) is 0 Å². The van der Waals surface area contributed by atoms with Crippen LogP contribution in [0.4, 0.5) is 0 Å². The molecule has 0 aliphatic heterocycles. The Hall–Kier alpha value is -1.26. The van der Waals surface area contributed by atoms with Crippen LogP contribution in [-0.4, -0.2) is 12.4 Å². The first-order valence-corrected chi connectivity index (χ1v) is 5.94. The van der Waals surface area contributed by atoms with Crippen molar-refractivity contribution in [2.45, 2.75) is 0 Å². The summed E-state index contributed by atoms with van der Waals surface area (Å²) in [6.07, 6.45) is 3.50. The molecule has 2 heterocycles. The van der Waals surface area contributed by atoms with E-state index in [2.05, 4.69) is 10.2 Å². The highest BCUT2D eigenvalue weighted by molar-refractivity contribution is 7.08. The Morgan fingerprint density at radius 2 is 1.36 bits per heavy atom. The van der Waals surface area contributed by atoms with Crippen LogP contribution in [0.5, 0.6) is 0 Å². The number of hydrogen-bond donors (Lipinski definition) is 0. The Balaban J connectivity index is 1.94. The van der Waals surface area contributed by atoms with Gasteiger partial charge < -0.3 is 0 Å². The van der Waals surface area contributed by atoms with Crippen molar-refractivity contribution >= 4 is 35.1 Å². The van der Waals surface area contributed by atoms with E-state index in [0.29, 0.717) is 0 Å². The molecular formula is C10H8N2S2. The fraction of sp³-hybridized carbons (Fsp3) is 0. The summed E-state index contributed by atoms with van der Waals surface area (Å²) in [5.41, 5.74) is 2.19. The first-order chi connectivity index (χ1) is 6.95. The maximum atomic E-state index is 3.94. The molecular weight excluding hydrogens is 212 g/mol. The third kappa shape index (κ3) is 2.61. The second kappa shape index (κ2) is 4.83. The molecule has 0 fully saturated rings. The zero-order chi connectivity index (χ0) is 9.64. The van der Waals surface area contributed by atoms with E-state index in [-0.39, 0.29) is 0 Å². The molecule has 0 amide bonds. The van der Waals surface area contributed by atoms with Crippen LogP contribution in [0.3, 0.4) is 0 Å². The predicted molar refractivity (Wildman–Crippen MR) is 63.8 cm³/mol. The van der Waals surface area contributed by atoms with Crippen molar-refractivity contribution in [1.29, 1.82) is 0 Å². The predicted octanol–water partition coefficient (Wildman–Crippen LogP) is 3.26. The number of rotatable bonds is 3. The zero-order valence-electron chi connectivity index (χ0n) is 7.33. The Morgan fingerprint density at radius 1 is 0.857 bits per heavy atom. The Bertz CT molecular complexity index is 371. The standard InChI is InChI=1S/C10H8N2S2/c1-3-13-7-9(1)5-11-12-6-10-2-4-14-8-10/h1-8H. The van der Waals surface area contributed by atoms with E-state index in [1.165, 1.54) is 0 Å². The second-order valence-corrected chi connectivity index (χ2v) is 4.16. The Labute approximate surface area is 90.3 Å². The van der Waals surface area contributed by atoms with Crippen LogP contribution in [-0.2, 0) is 0 Å². The van der Waals surface area contributed by atoms with Gasteiger partial charge in [-0.2, -0.15) is 32.9 Å². The van der Waals surface area contributed by atoms with E-state index in [0.717, 1.165) is 11.1 Å². The molecule has 0 saturated carbocycles. The Kier molecular flexibility index (Phi) is 3.21. The summed E-state index contributed by atoms with van der Waals surface area (Å²) < 4.78 is 0. The molecule has 2 aromatic heterocycles. The van der Waals surface area contributed by atoms with Crippen LogP contribution >= 0.6 is 22.7 Å². The van der Waals surface area contributed by atoms with Gasteiger partial charge in [-0.1, -0.05) is 0 Å². The summed E-state index contributed by atoms with van der Waals surface area (Å²) >= 11 is 3.31. The van der Waals surface area contributed by atoms with Gasteiger partial charge in [0, 0.05) is 11.1 Å². The minimum atomic E-state index is 1.09. The maximum Gasteiger partial charge on any atom is 0.0576 e. The molecule has 0 N–H and O–H groups in total. The van der Waals surface area contributed by atoms with Gasteiger partial charge in [-0.25, -0.2) is 0 Å². The molecule has 0 bridgehead atoms. The monoisotopic (exact) mass is 220 g/mol. The van der Waals surface area contributed by atoms with Crippen LogP contribution in [0, 0.1) is 0 Å². The highest BCUT2D eigenvalue weighted by Gasteiger charge is 1.85. The van der Waals surface area contributed by atoms with Crippen LogP contribution in [0.2, 0.25) is 0 Å². The lowest BCUT2D eigenvalue weighted by atomic mass is 10.4. The highest BCUT2D eigenvalue weighted by atomic mass is 32.1. The molecule has 70 valence electrons. The van der Waals surface area contributed by atoms with Crippen molar-refractivity contribution < 1.29 is 0 Å². The number of thiophene rings is 2. The normalized spacial score (nSPS) is 11.7. The minimum absolute atomic E-state index is 1.09. The SMILES string of the molecule is C(=NN=Cc1ccsc1)c1ccsc1. The van der Waals surface area contributed by atoms with Gasteiger partial charge >= 0.3 is 0 Å². The molecule has 0 aliphatic rings. The summed E-state index contributed by atoms with van der Waals surface area (Å²) in [5, 5.41) is 16.0. The van der Waals surface area contributed by atoms with Crippen molar-refractivity contribution in [3.63, 3.8) is 0 Å². The van der Waals surface area contributed by atoms with E-state index in [1.807, 2.05) is 33.7 Å². The lowest BCUT2D eigenvalue weighted by molar-refractivity contribution is 1.27. The highest BCUT2D eigenvalue weighted by Crippen LogP contribution is 2.03. The van der Waals surface area contributed by atoms with E-state index in [9.17, 15) is 0 Å². The largest absolute Gasteiger partial charge is 0.158 e. The van der Waals surface area contributed by atoms with Crippen LogP contribution in [0.1, 0.15) is 11.1 Å². The van der Waals surface area contributed by atoms with Crippen LogP contribution in [0.15, 0.2) is 43.9 Å². The summed E-state index contributed by atoms with van der Waals surface area (Å²) in [4.78, 5) is 0. The summed E-state index contributed by atoms with van der Waals surface area (Å²) in [6, 6.07) is 4.02. The third-order valence-corrected chi connectivity index (χ3v) is 2.97. The molecule has 2 nitrogen and oxygen atoms in total. The summed E-state index contributed by atoms with van der Waals surface area (Å²) in [6.45, 7) is 0. The average molecular weight is 220 g/mol. The molecule has 0 atom stereocenters. The molecule has 0 radical (unpaired) electrons. The van der Waals surface area contributed by atoms with E-state index in [1.54, 1.807) is 35.1 Å². The smallest absolute Gasteiger partial charge is 0.0576 e. The summed E-state index contributed by atoms with van der Waals surface area (Å²) in [5.74, 6) is 0. The van der Waals surface area contributed by atoms with Gasteiger partial charge in [0.15, 0.2) is 0 Å². The topological polar surface area (TPSA) is 24.7 Å². The molecule has 14 heavy (non-hydrogen) atoms. The quantitative estimate of drug-likeness (QED) is 0.560. The van der Waals surface area contributed by atoms with Gasteiger partial charge in [0.2, 0.25) is 0 Å². The Morgan fingerprint density at radius 3 is 1.71 bits per heavy atom. The first kappa shape index (κ1) is 9.30. The van der Waals surface area contributed by atoms with Crippen LogP contribution < -0.4 is 0 Å². The molecule has 0 aliphatic carbocycles. The lowest BCUT2D eigenvalue weighted by Crippen LogP contribution is -1.74. The molecule has 0 aromatic carbocycles. The fourth-order valence-electron chi connectivity index (χ4n) is 0.897. The minimum Gasteiger partial charge on any atom is -0.158 e. The molecule has 2 aromatic rings. The van der Waals surface area contributed by atoms with E-state index >= 15 is 0 Å². The molecule has 4 heteroatoms. The fourth-order valence-corrected chi connectivity index (χ4v) is 2.12. The van der Waals surface area contributed by atoms with Gasteiger partial charge in [0.25, 0.3) is 0 Å². The second-order valence-electron chi connectivity index (χ2n) is 2.60. The van der Waals surface area contributed by atoms with E-state index in [4.69, 9.17) is 0 Å². The molecule has 0 unspecified atom stereocenters. The van der Waals surface area contributed by atoms with Gasteiger partial charge in [-0.3, -0.25) is 0 Å². The lowest BCUT2D eigenvalue weighted by Gasteiger charge is -1.80. The molecule has 0 saturated heterocycles. The summed E-state index contributed by atoms with van der Waals surface area (Å²) in [7, 11) is 0. The third-order valence-electron chi connectivity index (χ3n) is 1.57. The zero-order valence-corrected chi connectivity index (χ0v) is 8.96. The first-order valence-electron chi connectivity index (χ1n) is 4.06. The van der Waals surface area contributed by atoms with Gasteiger partial charge in [0.1, 0.15) is 0 Å². The van der Waals surface area contributed by atoms with E-state index < -0.39 is 0 Å². The van der Waals surface area contributed by atoms with Crippen molar-refractivity contribution in [1.82, 2.24) is 0 Å². The average Bonchev–Trinajstić information content (AvgIpc) is 2.86. The van der Waals surface area contributed by atoms with Gasteiger partial charge in [0.05, 0.1) is 12.4 Å². The molecule has 2 rings (SSSR count). The van der Waals surface area contributed by atoms with Crippen molar-refractivity contribution in [3.05, 3.63) is 44.8 Å². The van der Waals surface area contributed by atoms with Crippen molar-refractivity contribution in [2.75, 3.05) is 0 Å². The number of nitrogens with zero attached hydrogens (tertiary/aromatic N) is 2. The van der Waals surface area contributed by atoms with Crippen molar-refractivity contribution in [3.8, 4) is 0 Å². The maximum absolute atomic E-state index is 3.94. The van der Waals surface area contributed by atoms with Crippen molar-refractivity contribution in [2.24, 2.45) is 10.2 Å².